The number of nitrogens with zero attached hydrogens (tertiary/aromatic N) is 2. The maximum atomic E-state index is 12.3. The molecule has 2 amide bonds. The summed E-state index contributed by atoms with van der Waals surface area (Å²) in [6.45, 7) is 7.11. The molecular formula is C18H25N3O2. The van der Waals surface area contributed by atoms with Crippen molar-refractivity contribution >= 4 is 17.6 Å². The molecule has 0 bridgehead atoms. The Labute approximate surface area is 137 Å². The summed E-state index contributed by atoms with van der Waals surface area (Å²) in [7, 11) is 0. The van der Waals surface area contributed by atoms with E-state index in [4.69, 9.17) is 0 Å². The fourth-order valence-electron chi connectivity index (χ4n) is 2.82. The number of carbonyl (C=O) groups excluding carboxylic acids is 2. The number of rotatable bonds is 4. The molecule has 5 nitrogen and oxygen atoms in total. The molecule has 1 aromatic heterocycles. The van der Waals surface area contributed by atoms with Gasteiger partial charge in [-0.05, 0) is 50.8 Å². The Morgan fingerprint density at radius 3 is 2.70 bits per heavy atom. The monoisotopic (exact) mass is 315 g/mol. The van der Waals surface area contributed by atoms with Gasteiger partial charge in [-0.1, -0.05) is 13.0 Å². The second kappa shape index (κ2) is 7.90. The number of nitrogens with one attached hydrogen (secondary N) is 1. The highest BCUT2D eigenvalue weighted by Crippen LogP contribution is 2.20. The van der Waals surface area contributed by atoms with E-state index in [9.17, 15) is 9.59 Å². The minimum atomic E-state index is -0.0585. The number of likely N-dealkylation sites (tertiary alicyclic amines) is 1. The first-order valence-corrected chi connectivity index (χ1v) is 8.20. The van der Waals surface area contributed by atoms with Crippen LogP contribution in [0.1, 0.15) is 38.7 Å². The predicted octanol–water partition coefficient (Wildman–Crippen LogP) is 2.92. The van der Waals surface area contributed by atoms with Crippen molar-refractivity contribution in [2.24, 2.45) is 5.92 Å². The average molecular weight is 315 g/mol. The lowest BCUT2D eigenvalue weighted by Gasteiger charge is -2.31. The van der Waals surface area contributed by atoms with Gasteiger partial charge in [-0.2, -0.15) is 0 Å². The number of aryl methyl sites for hydroxylation is 1. The van der Waals surface area contributed by atoms with Crippen molar-refractivity contribution in [1.82, 2.24) is 9.88 Å². The van der Waals surface area contributed by atoms with Gasteiger partial charge >= 0.3 is 0 Å². The largest absolute Gasteiger partial charge is 0.339 e. The van der Waals surface area contributed by atoms with Crippen molar-refractivity contribution in [3.63, 3.8) is 0 Å². The second-order valence-corrected chi connectivity index (χ2v) is 6.07. The van der Waals surface area contributed by atoms with E-state index in [2.05, 4.69) is 10.3 Å². The van der Waals surface area contributed by atoms with E-state index in [1.54, 1.807) is 6.20 Å². The van der Waals surface area contributed by atoms with Gasteiger partial charge < -0.3 is 10.2 Å². The second-order valence-electron chi connectivity index (χ2n) is 6.07. The van der Waals surface area contributed by atoms with Crippen LogP contribution in [0.3, 0.4) is 0 Å². The quantitative estimate of drug-likeness (QED) is 0.869. The fraction of sp³-hybridized carbons (Fsp3) is 0.500. The van der Waals surface area contributed by atoms with Crippen LogP contribution in [0.4, 0.5) is 5.82 Å². The Morgan fingerprint density at radius 1 is 1.39 bits per heavy atom. The van der Waals surface area contributed by atoms with Crippen LogP contribution >= 0.6 is 0 Å². The SMILES string of the molecule is CC/C=C(/C)C(=O)N1CCC(C(=O)Nc2cc(C)ccn2)CC1. The van der Waals surface area contributed by atoms with Crippen LogP contribution < -0.4 is 5.32 Å². The van der Waals surface area contributed by atoms with Crippen LogP contribution in [0, 0.1) is 12.8 Å². The molecule has 0 atom stereocenters. The van der Waals surface area contributed by atoms with E-state index in [1.807, 2.05) is 43.9 Å². The average Bonchev–Trinajstić information content (AvgIpc) is 2.54. The van der Waals surface area contributed by atoms with Gasteiger partial charge in [0, 0.05) is 30.8 Å². The zero-order chi connectivity index (χ0) is 16.8. The third-order valence-electron chi connectivity index (χ3n) is 4.17. The number of pyridine rings is 1. The van der Waals surface area contributed by atoms with E-state index in [0.717, 1.165) is 17.6 Å². The van der Waals surface area contributed by atoms with Gasteiger partial charge in [0.05, 0.1) is 0 Å². The molecule has 0 spiro atoms. The molecule has 2 heterocycles. The zero-order valence-corrected chi connectivity index (χ0v) is 14.1. The highest BCUT2D eigenvalue weighted by molar-refractivity contribution is 5.94. The molecule has 5 heteroatoms. The van der Waals surface area contributed by atoms with Crippen molar-refractivity contribution in [2.45, 2.75) is 40.0 Å². The number of carbonyl (C=O) groups is 2. The highest BCUT2D eigenvalue weighted by Gasteiger charge is 2.27. The zero-order valence-electron chi connectivity index (χ0n) is 14.1. The van der Waals surface area contributed by atoms with Crippen molar-refractivity contribution in [3.05, 3.63) is 35.5 Å². The lowest BCUT2D eigenvalue weighted by Crippen LogP contribution is -2.41. The van der Waals surface area contributed by atoms with Crippen molar-refractivity contribution in [3.8, 4) is 0 Å². The molecule has 1 N–H and O–H groups in total. The van der Waals surface area contributed by atoms with Crippen molar-refractivity contribution in [2.75, 3.05) is 18.4 Å². The van der Waals surface area contributed by atoms with Gasteiger partial charge in [0.2, 0.25) is 11.8 Å². The van der Waals surface area contributed by atoms with E-state index < -0.39 is 0 Å². The molecule has 23 heavy (non-hydrogen) atoms. The summed E-state index contributed by atoms with van der Waals surface area (Å²) in [6, 6.07) is 3.75. The Morgan fingerprint density at radius 2 is 2.09 bits per heavy atom. The van der Waals surface area contributed by atoms with Gasteiger partial charge in [0.1, 0.15) is 5.82 Å². The lowest BCUT2D eigenvalue weighted by molar-refractivity contribution is -0.131. The minimum absolute atomic E-state index is 0.00368. The van der Waals surface area contributed by atoms with Crippen LogP contribution in [-0.4, -0.2) is 34.8 Å². The number of aromatic nitrogens is 1. The number of piperidine rings is 1. The summed E-state index contributed by atoms with van der Waals surface area (Å²) in [5, 5.41) is 2.87. The summed E-state index contributed by atoms with van der Waals surface area (Å²) in [4.78, 5) is 30.6. The number of hydrogen-bond acceptors (Lipinski definition) is 3. The van der Waals surface area contributed by atoms with Crippen LogP contribution in [0.5, 0.6) is 0 Å². The van der Waals surface area contributed by atoms with Crippen LogP contribution in [0.25, 0.3) is 0 Å². The van der Waals surface area contributed by atoms with Crippen molar-refractivity contribution < 1.29 is 9.59 Å². The molecule has 0 unspecified atom stereocenters. The molecule has 0 aliphatic carbocycles. The maximum Gasteiger partial charge on any atom is 0.249 e. The van der Waals surface area contributed by atoms with E-state index in [1.165, 1.54) is 0 Å². The van der Waals surface area contributed by atoms with E-state index in [-0.39, 0.29) is 17.7 Å². The number of allylic oxidation sites excluding steroid dienone is 1. The molecule has 1 aliphatic rings. The summed E-state index contributed by atoms with van der Waals surface area (Å²) in [6.07, 6.45) is 5.89. The Hall–Kier alpha value is -2.17. The minimum Gasteiger partial charge on any atom is -0.339 e. The van der Waals surface area contributed by atoms with Gasteiger partial charge in [0.25, 0.3) is 0 Å². The molecule has 1 aromatic rings. The molecule has 2 rings (SSSR count). The van der Waals surface area contributed by atoms with Crippen LogP contribution in [-0.2, 0) is 9.59 Å². The van der Waals surface area contributed by atoms with Gasteiger partial charge in [-0.3, -0.25) is 9.59 Å². The molecular weight excluding hydrogens is 290 g/mol. The number of hydrogen-bond donors (Lipinski definition) is 1. The van der Waals surface area contributed by atoms with E-state index in [0.29, 0.717) is 31.7 Å². The normalized spacial score (nSPS) is 16.3. The predicted molar refractivity (Wildman–Crippen MR) is 91.0 cm³/mol. The van der Waals surface area contributed by atoms with Gasteiger partial charge in [0.15, 0.2) is 0 Å². The summed E-state index contributed by atoms with van der Waals surface area (Å²) in [5.41, 5.74) is 1.85. The molecule has 124 valence electrons. The Kier molecular flexibility index (Phi) is 5.90. The third kappa shape index (κ3) is 4.65. The molecule has 0 aromatic carbocycles. The van der Waals surface area contributed by atoms with Crippen molar-refractivity contribution in [1.29, 1.82) is 0 Å². The Bertz CT molecular complexity index is 602. The van der Waals surface area contributed by atoms with Gasteiger partial charge in [-0.15, -0.1) is 0 Å². The Balaban J connectivity index is 1.87. The third-order valence-corrected chi connectivity index (χ3v) is 4.17. The molecule has 1 fully saturated rings. The van der Waals surface area contributed by atoms with Crippen LogP contribution in [0.15, 0.2) is 30.0 Å². The molecule has 0 saturated carbocycles. The first-order valence-electron chi connectivity index (χ1n) is 8.20. The summed E-state index contributed by atoms with van der Waals surface area (Å²) in [5.74, 6) is 0.620. The lowest BCUT2D eigenvalue weighted by atomic mass is 9.95. The van der Waals surface area contributed by atoms with Gasteiger partial charge in [-0.25, -0.2) is 4.98 Å². The molecule has 0 radical (unpaired) electrons. The number of amides is 2. The smallest absolute Gasteiger partial charge is 0.249 e. The standard InChI is InChI=1S/C18H25N3O2/c1-4-5-14(3)18(23)21-10-7-15(8-11-21)17(22)20-16-12-13(2)6-9-19-16/h5-6,9,12,15H,4,7-8,10-11H2,1-3H3,(H,19,20,22)/b14-5-. The fourth-order valence-corrected chi connectivity index (χ4v) is 2.82. The highest BCUT2D eigenvalue weighted by atomic mass is 16.2. The first-order chi connectivity index (χ1) is 11.0. The topological polar surface area (TPSA) is 62.3 Å². The summed E-state index contributed by atoms with van der Waals surface area (Å²) >= 11 is 0. The molecule has 1 aliphatic heterocycles. The maximum absolute atomic E-state index is 12.3. The number of anilines is 1. The first kappa shape index (κ1) is 17.2. The molecule has 1 saturated heterocycles. The summed E-state index contributed by atoms with van der Waals surface area (Å²) < 4.78 is 0. The van der Waals surface area contributed by atoms with Crippen LogP contribution in [0.2, 0.25) is 0 Å². The van der Waals surface area contributed by atoms with E-state index >= 15 is 0 Å².